The van der Waals surface area contributed by atoms with Gasteiger partial charge in [0.1, 0.15) is 9.88 Å². The second-order valence-electron chi connectivity index (χ2n) is 5.07. The van der Waals surface area contributed by atoms with Crippen LogP contribution in [-0.2, 0) is 0 Å². The summed E-state index contributed by atoms with van der Waals surface area (Å²) in [7, 11) is 0. The number of aliphatic hydroxyl groups is 1. The zero-order chi connectivity index (χ0) is 16.8. The molecule has 0 bridgehead atoms. The van der Waals surface area contributed by atoms with Crippen molar-refractivity contribution in [2.45, 2.75) is 19.4 Å². The van der Waals surface area contributed by atoms with E-state index in [1.807, 2.05) is 25.3 Å². The molecule has 0 aliphatic heterocycles. The van der Waals surface area contributed by atoms with Gasteiger partial charge in [0.15, 0.2) is 0 Å². The van der Waals surface area contributed by atoms with Crippen LogP contribution in [0.3, 0.4) is 0 Å². The van der Waals surface area contributed by atoms with Crippen LogP contribution in [0.5, 0.6) is 0 Å². The highest BCUT2D eigenvalue weighted by Crippen LogP contribution is 2.28. The van der Waals surface area contributed by atoms with Crippen LogP contribution in [0.15, 0.2) is 24.3 Å². The van der Waals surface area contributed by atoms with Crippen LogP contribution in [0.4, 0.5) is 0 Å². The largest absolute Gasteiger partial charge is 0.394 e. The summed E-state index contributed by atoms with van der Waals surface area (Å²) in [5.74, 6) is 0.712. The molecule has 2 rings (SSSR count). The smallest absolute Gasteiger partial charge is 0.263 e. The molecule has 1 amide bonds. The number of carbonyl (C=O) groups excluding carboxylic acids is 1. The molecule has 1 atom stereocenters. The normalized spacial score (nSPS) is 12.2. The van der Waals surface area contributed by atoms with Crippen LogP contribution in [0.1, 0.15) is 21.8 Å². The summed E-state index contributed by atoms with van der Waals surface area (Å²) >= 11 is 8.94. The van der Waals surface area contributed by atoms with E-state index in [4.69, 9.17) is 11.6 Å². The molecule has 0 saturated heterocycles. The minimum Gasteiger partial charge on any atom is -0.394 e. The monoisotopic (exact) mass is 370 g/mol. The summed E-state index contributed by atoms with van der Waals surface area (Å²) in [5, 5.41) is 13.7. The number of hydrogen-bond donors (Lipinski definition) is 2. The predicted molar refractivity (Wildman–Crippen MR) is 98.6 cm³/mol. The average Bonchev–Trinajstić information content (AvgIpc) is 2.94. The van der Waals surface area contributed by atoms with Gasteiger partial charge in [-0.1, -0.05) is 23.7 Å². The van der Waals surface area contributed by atoms with Gasteiger partial charge in [0.05, 0.1) is 18.3 Å². The molecule has 0 radical (unpaired) electrons. The summed E-state index contributed by atoms with van der Waals surface area (Å²) in [6.45, 7) is 1.76. The Hall–Kier alpha value is -1.08. The quantitative estimate of drug-likeness (QED) is 0.781. The molecule has 0 unspecified atom stereocenters. The van der Waals surface area contributed by atoms with Crippen molar-refractivity contribution in [3.8, 4) is 10.6 Å². The Labute approximate surface area is 149 Å². The maximum Gasteiger partial charge on any atom is 0.263 e. The number of aliphatic hydroxyl groups excluding tert-OH is 1. The lowest BCUT2D eigenvalue weighted by molar-refractivity contribution is 0.0918. The standard InChI is InChI=1S/C16H19ClN2O2S2/c1-10-14(15(21)19-13(9-20)7-8-22-2)23-16(18-10)11-3-5-12(17)6-4-11/h3-6,13,20H,7-9H2,1-2H3,(H,19,21)/t13-/m0/s1. The van der Waals surface area contributed by atoms with E-state index < -0.39 is 0 Å². The summed E-state index contributed by atoms with van der Waals surface area (Å²) in [6, 6.07) is 7.15. The Bertz CT molecular complexity index is 659. The number of aryl methyl sites for hydroxylation is 1. The molecule has 1 heterocycles. The molecule has 4 nitrogen and oxygen atoms in total. The Morgan fingerprint density at radius 2 is 2.13 bits per heavy atom. The van der Waals surface area contributed by atoms with Gasteiger partial charge < -0.3 is 10.4 Å². The molecule has 23 heavy (non-hydrogen) atoms. The second kappa shape index (κ2) is 8.68. The number of thioether (sulfide) groups is 1. The van der Waals surface area contributed by atoms with Gasteiger partial charge in [0.2, 0.25) is 0 Å². The zero-order valence-corrected chi connectivity index (χ0v) is 15.4. The number of rotatable bonds is 7. The van der Waals surface area contributed by atoms with E-state index >= 15 is 0 Å². The number of carbonyl (C=O) groups is 1. The Balaban J connectivity index is 2.13. The van der Waals surface area contributed by atoms with Crippen LogP contribution in [0.2, 0.25) is 5.02 Å². The van der Waals surface area contributed by atoms with Gasteiger partial charge in [0, 0.05) is 10.6 Å². The molecule has 0 saturated carbocycles. The van der Waals surface area contributed by atoms with E-state index in [9.17, 15) is 9.90 Å². The van der Waals surface area contributed by atoms with Gasteiger partial charge in [-0.05, 0) is 37.5 Å². The number of thiazole rings is 1. The fourth-order valence-electron chi connectivity index (χ4n) is 2.04. The Morgan fingerprint density at radius 3 is 2.74 bits per heavy atom. The summed E-state index contributed by atoms with van der Waals surface area (Å²) < 4.78 is 0. The van der Waals surface area contributed by atoms with Gasteiger partial charge in [-0.15, -0.1) is 11.3 Å². The van der Waals surface area contributed by atoms with Gasteiger partial charge in [-0.25, -0.2) is 4.98 Å². The van der Waals surface area contributed by atoms with E-state index in [2.05, 4.69) is 10.3 Å². The third kappa shape index (κ3) is 4.94. The first-order valence-electron chi connectivity index (χ1n) is 7.19. The number of hydrogen-bond acceptors (Lipinski definition) is 5. The van der Waals surface area contributed by atoms with Crippen molar-refractivity contribution in [2.75, 3.05) is 18.6 Å². The van der Waals surface area contributed by atoms with Gasteiger partial charge in [0.25, 0.3) is 5.91 Å². The highest BCUT2D eigenvalue weighted by Gasteiger charge is 2.19. The van der Waals surface area contributed by atoms with Gasteiger partial charge in [-0.3, -0.25) is 4.79 Å². The second-order valence-corrected chi connectivity index (χ2v) is 7.50. The molecule has 0 aliphatic carbocycles. The first kappa shape index (κ1) is 18.3. The van der Waals surface area contributed by atoms with E-state index in [0.29, 0.717) is 15.6 Å². The minimum atomic E-state index is -0.226. The lowest BCUT2D eigenvalue weighted by atomic mass is 10.2. The molecule has 124 valence electrons. The lowest BCUT2D eigenvalue weighted by Crippen LogP contribution is -2.37. The van der Waals surface area contributed by atoms with Crippen molar-refractivity contribution >= 4 is 40.6 Å². The minimum absolute atomic E-state index is 0.0613. The highest BCUT2D eigenvalue weighted by atomic mass is 35.5. The van der Waals surface area contributed by atoms with E-state index in [0.717, 1.165) is 22.7 Å². The van der Waals surface area contributed by atoms with Crippen LogP contribution in [-0.4, -0.2) is 40.7 Å². The molecule has 0 spiro atoms. The van der Waals surface area contributed by atoms with Gasteiger partial charge >= 0.3 is 0 Å². The molecule has 1 aromatic heterocycles. The van der Waals surface area contributed by atoms with Crippen molar-refractivity contribution in [1.29, 1.82) is 0 Å². The summed E-state index contributed by atoms with van der Waals surface area (Å²) in [6.07, 6.45) is 2.74. The maximum atomic E-state index is 12.4. The summed E-state index contributed by atoms with van der Waals surface area (Å²) in [5.41, 5.74) is 1.63. The number of nitrogens with zero attached hydrogens (tertiary/aromatic N) is 1. The Morgan fingerprint density at radius 1 is 1.43 bits per heavy atom. The maximum absolute atomic E-state index is 12.4. The molecule has 0 fully saturated rings. The molecule has 7 heteroatoms. The Kier molecular flexibility index (Phi) is 6.89. The molecule has 2 aromatic rings. The van der Waals surface area contributed by atoms with E-state index in [-0.39, 0.29) is 18.6 Å². The van der Waals surface area contributed by atoms with Crippen molar-refractivity contribution in [3.05, 3.63) is 39.9 Å². The molecular formula is C16H19ClN2O2S2. The fraction of sp³-hybridized carbons (Fsp3) is 0.375. The average molecular weight is 371 g/mol. The third-order valence-electron chi connectivity index (χ3n) is 3.32. The number of amides is 1. The van der Waals surface area contributed by atoms with Crippen molar-refractivity contribution in [2.24, 2.45) is 0 Å². The fourth-order valence-corrected chi connectivity index (χ4v) is 3.66. The summed E-state index contributed by atoms with van der Waals surface area (Å²) in [4.78, 5) is 17.5. The SMILES string of the molecule is CSCC[C@@H](CO)NC(=O)c1sc(-c2ccc(Cl)cc2)nc1C. The first-order valence-corrected chi connectivity index (χ1v) is 9.78. The van der Waals surface area contributed by atoms with E-state index in [1.54, 1.807) is 23.9 Å². The van der Waals surface area contributed by atoms with E-state index in [1.165, 1.54) is 11.3 Å². The molecular weight excluding hydrogens is 352 g/mol. The number of aromatic nitrogens is 1. The highest BCUT2D eigenvalue weighted by molar-refractivity contribution is 7.98. The molecule has 0 aliphatic rings. The van der Waals surface area contributed by atoms with Crippen LogP contribution in [0, 0.1) is 6.92 Å². The third-order valence-corrected chi connectivity index (χ3v) is 5.42. The first-order chi connectivity index (χ1) is 11.0. The zero-order valence-electron chi connectivity index (χ0n) is 13.0. The predicted octanol–water partition coefficient (Wildman–Crippen LogP) is 3.62. The van der Waals surface area contributed by atoms with Crippen molar-refractivity contribution in [3.63, 3.8) is 0 Å². The molecule has 1 aromatic carbocycles. The topological polar surface area (TPSA) is 62.2 Å². The van der Waals surface area contributed by atoms with Crippen molar-refractivity contribution in [1.82, 2.24) is 10.3 Å². The number of halogens is 1. The van der Waals surface area contributed by atoms with Gasteiger partial charge in [-0.2, -0.15) is 11.8 Å². The van der Waals surface area contributed by atoms with Crippen LogP contribution in [0.25, 0.3) is 10.6 Å². The van der Waals surface area contributed by atoms with Crippen LogP contribution >= 0.6 is 34.7 Å². The number of nitrogens with one attached hydrogen (secondary N) is 1. The number of benzene rings is 1. The van der Waals surface area contributed by atoms with Crippen LogP contribution < -0.4 is 5.32 Å². The lowest BCUT2D eigenvalue weighted by Gasteiger charge is -2.15. The van der Waals surface area contributed by atoms with Crippen molar-refractivity contribution < 1.29 is 9.90 Å². The molecule has 2 N–H and O–H groups in total.